The molecule has 2 N–H and O–H groups in total. The first kappa shape index (κ1) is 17.7. The number of nitrogens with one attached hydrogen (secondary N) is 2. The normalized spacial score (nSPS) is 10.9. The number of rotatable bonds is 6. The van der Waals surface area contributed by atoms with Gasteiger partial charge in [-0.2, -0.15) is 9.50 Å². The first-order chi connectivity index (χ1) is 13.6. The smallest absolute Gasteiger partial charge is 0.274 e. The van der Waals surface area contributed by atoms with Gasteiger partial charge >= 0.3 is 0 Å². The molecule has 7 nitrogen and oxygen atoms in total. The van der Waals surface area contributed by atoms with E-state index in [9.17, 15) is 9.18 Å². The van der Waals surface area contributed by atoms with E-state index >= 15 is 0 Å². The summed E-state index contributed by atoms with van der Waals surface area (Å²) in [5.41, 5.74) is 1.82. The monoisotopic (exact) mass is 379 g/mol. The van der Waals surface area contributed by atoms with Crippen molar-refractivity contribution in [1.82, 2.24) is 19.6 Å². The van der Waals surface area contributed by atoms with Crippen molar-refractivity contribution >= 4 is 11.5 Å². The highest BCUT2D eigenvalue weighted by Gasteiger charge is 2.10. The third-order valence-electron chi connectivity index (χ3n) is 4.12. The summed E-state index contributed by atoms with van der Waals surface area (Å²) in [7, 11) is 0. The minimum Gasteiger partial charge on any atom is -0.494 e. The Morgan fingerprint density at radius 3 is 2.75 bits per heavy atom. The number of halogens is 1. The molecule has 2 heterocycles. The average Bonchev–Trinajstić information content (AvgIpc) is 3.12. The van der Waals surface area contributed by atoms with Gasteiger partial charge in [-0.25, -0.2) is 9.37 Å². The van der Waals surface area contributed by atoms with Crippen molar-refractivity contribution in [3.05, 3.63) is 76.5 Å². The Kier molecular flexibility index (Phi) is 4.76. The highest BCUT2D eigenvalue weighted by molar-refractivity contribution is 5.56. The van der Waals surface area contributed by atoms with Gasteiger partial charge in [0.2, 0.25) is 0 Å². The minimum absolute atomic E-state index is 0.256. The van der Waals surface area contributed by atoms with Crippen molar-refractivity contribution in [3.8, 4) is 17.1 Å². The topological polar surface area (TPSA) is 84.3 Å². The molecule has 0 fully saturated rings. The standard InChI is InChI=1S/C20H18FN5O2/c1-2-28-17-5-3-4-15(10-17)22-12-16-11-18(27)26-20(23-16)24-19(25-26)13-6-8-14(21)9-7-13/h3-11,22H,2,12H2,1H3,(H,23,24,25). The lowest BCUT2D eigenvalue weighted by molar-refractivity contribution is 0.340. The second-order valence-corrected chi connectivity index (χ2v) is 6.11. The van der Waals surface area contributed by atoms with Gasteiger partial charge in [-0.3, -0.25) is 9.89 Å². The molecule has 2 aromatic carbocycles. The number of aromatic nitrogens is 4. The number of nitrogens with zero attached hydrogens (tertiary/aromatic N) is 3. The van der Waals surface area contributed by atoms with Crippen molar-refractivity contribution in [3.63, 3.8) is 0 Å². The predicted octanol–water partition coefficient (Wildman–Crippen LogP) is 3.23. The van der Waals surface area contributed by atoms with Crippen LogP contribution in [0.2, 0.25) is 0 Å². The van der Waals surface area contributed by atoms with Gasteiger partial charge in [0.15, 0.2) is 5.82 Å². The third-order valence-corrected chi connectivity index (χ3v) is 4.12. The molecule has 4 rings (SSSR count). The second-order valence-electron chi connectivity index (χ2n) is 6.11. The lowest BCUT2D eigenvalue weighted by Gasteiger charge is -2.08. The fourth-order valence-electron chi connectivity index (χ4n) is 2.81. The highest BCUT2D eigenvalue weighted by Crippen LogP contribution is 2.18. The summed E-state index contributed by atoms with van der Waals surface area (Å²) in [5, 5.41) is 6.12. The second kappa shape index (κ2) is 7.51. The summed E-state index contributed by atoms with van der Waals surface area (Å²) < 4.78 is 19.8. The number of ether oxygens (including phenoxy) is 1. The van der Waals surface area contributed by atoms with Crippen LogP contribution < -0.4 is 15.6 Å². The predicted molar refractivity (Wildman–Crippen MR) is 104 cm³/mol. The van der Waals surface area contributed by atoms with E-state index in [1.807, 2.05) is 31.2 Å². The van der Waals surface area contributed by atoms with E-state index in [0.717, 1.165) is 11.4 Å². The maximum Gasteiger partial charge on any atom is 0.274 e. The van der Waals surface area contributed by atoms with Gasteiger partial charge < -0.3 is 10.1 Å². The van der Waals surface area contributed by atoms with Gasteiger partial charge in [-0.05, 0) is 43.3 Å². The van der Waals surface area contributed by atoms with Crippen molar-refractivity contribution in [2.75, 3.05) is 11.9 Å². The van der Waals surface area contributed by atoms with Crippen molar-refractivity contribution in [2.45, 2.75) is 13.5 Å². The molecule has 0 amide bonds. The van der Waals surface area contributed by atoms with Gasteiger partial charge in [-0.1, -0.05) is 6.07 Å². The quantitative estimate of drug-likeness (QED) is 0.537. The molecule has 2 aromatic heterocycles. The van der Waals surface area contributed by atoms with Crippen molar-refractivity contribution < 1.29 is 9.13 Å². The summed E-state index contributed by atoms with van der Waals surface area (Å²) in [6.07, 6.45) is 0. The highest BCUT2D eigenvalue weighted by atomic mass is 19.1. The number of aromatic amines is 1. The zero-order valence-corrected chi connectivity index (χ0v) is 15.1. The average molecular weight is 379 g/mol. The van der Waals surface area contributed by atoms with Crippen LogP contribution in [-0.4, -0.2) is 26.2 Å². The molecule has 0 atom stereocenters. The Hall–Kier alpha value is -3.68. The van der Waals surface area contributed by atoms with Crippen LogP contribution in [0.4, 0.5) is 10.1 Å². The van der Waals surface area contributed by atoms with Gasteiger partial charge in [-0.15, -0.1) is 0 Å². The van der Waals surface area contributed by atoms with E-state index in [4.69, 9.17) is 4.74 Å². The Morgan fingerprint density at radius 1 is 1.14 bits per heavy atom. The SMILES string of the molecule is CCOc1cccc(NCc2cc(=O)n3[nH]c(-c4ccc(F)cc4)nc3n2)c1. The molecule has 0 bridgehead atoms. The number of H-pyrrole nitrogens is 1. The zero-order valence-electron chi connectivity index (χ0n) is 15.1. The molecule has 0 aliphatic rings. The minimum atomic E-state index is -0.336. The van der Waals surface area contributed by atoms with Crippen molar-refractivity contribution in [1.29, 1.82) is 0 Å². The van der Waals surface area contributed by atoms with E-state index in [2.05, 4.69) is 20.4 Å². The van der Waals surface area contributed by atoms with Crippen LogP contribution >= 0.6 is 0 Å². The summed E-state index contributed by atoms with van der Waals surface area (Å²) in [4.78, 5) is 21.2. The van der Waals surface area contributed by atoms with Crippen LogP contribution in [-0.2, 0) is 6.54 Å². The largest absolute Gasteiger partial charge is 0.494 e. The van der Waals surface area contributed by atoms with E-state index in [1.165, 1.54) is 22.7 Å². The molecule has 0 saturated carbocycles. The molecule has 0 radical (unpaired) electrons. The first-order valence-corrected chi connectivity index (χ1v) is 8.84. The Labute approximate surface area is 159 Å². The van der Waals surface area contributed by atoms with Crippen LogP contribution in [0.25, 0.3) is 17.2 Å². The first-order valence-electron chi connectivity index (χ1n) is 8.84. The molecule has 28 heavy (non-hydrogen) atoms. The number of benzene rings is 2. The molecular weight excluding hydrogens is 361 g/mol. The van der Waals surface area contributed by atoms with Crippen LogP contribution in [0.1, 0.15) is 12.6 Å². The van der Waals surface area contributed by atoms with Crippen molar-refractivity contribution in [2.24, 2.45) is 0 Å². The molecular formula is C20H18FN5O2. The molecule has 0 spiro atoms. The maximum absolute atomic E-state index is 13.1. The summed E-state index contributed by atoms with van der Waals surface area (Å²) in [6.45, 7) is 2.88. The molecule has 0 aliphatic heterocycles. The molecule has 142 valence electrons. The lowest BCUT2D eigenvalue weighted by Crippen LogP contribution is -2.17. The summed E-state index contributed by atoms with van der Waals surface area (Å²) >= 11 is 0. The maximum atomic E-state index is 13.1. The molecule has 0 aliphatic carbocycles. The fourth-order valence-corrected chi connectivity index (χ4v) is 2.81. The number of anilines is 1. The fraction of sp³-hybridized carbons (Fsp3) is 0.150. The molecule has 4 aromatic rings. The van der Waals surface area contributed by atoms with E-state index in [0.29, 0.717) is 30.2 Å². The molecule has 0 unspecified atom stereocenters. The van der Waals surface area contributed by atoms with Gasteiger partial charge in [0.1, 0.15) is 11.6 Å². The summed E-state index contributed by atoms with van der Waals surface area (Å²) in [6, 6.07) is 14.9. The Balaban J connectivity index is 1.58. The Morgan fingerprint density at radius 2 is 1.96 bits per heavy atom. The van der Waals surface area contributed by atoms with Crippen LogP contribution in [0.3, 0.4) is 0 Å². The Bertz CT molecular complexity index is 1170. The van der Waals surface area contributed by atoms with E-state index in [1.54, 1.807) is 12.1 Å². The third kappa shape index (κ3) is 3.71. The van der Waals surface area contributed by atoms with E-state index in [-0.39, 0.29) is 17.2 Å². The van der Waals surface area contributed by atoms with Gasteiger partial charge in [0.05, 0.1) is 18.8 Å². The van der Waals surface area contributed by atoms with Crippen LogP contribution in [0.5, 0.6) is 5.75 Å². The number of hydrogen-bond acceptors (Lipinski definition) is 5. The number of fused-ring (bicyclic) bond motifs is 1. The number of hydrogen-bond donors (Lipinski definition) is 2. The van der Waals surface area contributed by atoms with Crippen LogP contribution in [0.15, 0.2) is 59.4 Å². The zero-order chi connectivity index (χ0) is 19.5. The van der Waals surface area contributed by atoms with Gasteiger partial charge in [0.25, 0.3) is 11.3 Å². The molecule has 0 saturated heterocycles. The lowest BCUT2D eigenvalue weighted by atomic mass is 10.2. The van der Waals surface area contributed by atoms with E-state index < -0.39 is 0 Å². The van der Waals surface area contributed by atoms with Gasteiger partial charge in [0, 0.05) is 23.4 Å². The van der Waals surface area contributed by atoms with Crippen LogP contribution in [0, 0.1) is 5.82 Å². The summed E-state index contributed by atoms with van der Waals surface area (Å²) in [5.74, 6) is 1.13. The molecule has 8 heteroatoms.